The fraction of sp³-hybridized carbons (Fsp3) is 0.348. The summed E-state index contributed by atoms with van der Waals surface area (Å²) in [6, 6.07) is 13.9. The monoisotopic (exact) mass is 410 g/mol. The van der Waals surface area contributed by atoms with Gasteiger partial charge in [-0.05, 0) is 70.0 Å². The van der Waals surface area contributed by atoms with Crippen molar-refractivity contribution in [1.82, 2.24) is 0 Å². The van der Waals surface area contributed by atoms with Crippen molar-refractivity contribution in [1.29, 1.82) is 0 Å². The third-order valence-corrected chi connectivity index (χ3v) is 4.55. The van der Waals surface area contributed by atoms with Crippen molar-refractivity contribution in [2.75, 3.05) is 16.8 Å². The number of ether oxygens (including phenoxy) is 2. The highest BCUT2D eigenvalue weighted by atomic mass is 16.6. The quantitative estimate of drug-likeness (QED) is 0.765. The molecule has 0 unspecified atom stereocenters. The number of para-hydroxylation sites is 1. The highest BCUT2D eigenvalue weighted by Crippen LogP contribution is 2.28. The van der Waals surface area contributed by atoms with Gasteiger partial charge in [0.25, 0.3) is 5.91 Å². The number of amides is 2. The lowest BCUT2D eigenvalue weighted by molar-refractivity contribution is -0.126. The van der Waals surface area contributed by atoms with Gasteiger partial charge in [-0.15, -0.1) is 0 Å². The first kappa shape index (κ1) is 21.4. The maximum absolute atomic E-state index is 12.8. The van der Waals surface area contributed by atoms with Gasteiger partial charge in [-0.1, -0.05) is 18.2 Å². The normalized spacial score (nSPS) is 13.9. The molecule has 2 aromatic carbocycles. The largest absolute Gasteiger partial charge is 0.449 e. The summed E-state index contributed by atoms with van der Waals surface area (Å²) in [5.41, 5.74) is 2.14. The van der Waals surface area contributed by atoms with E-state index in [2.05, 4.69) is 5.32 Å². The molecule has 0 aliphatic carbocycles. The summed E-state index contributed by atoms with van der Waals surface area (Å²) in [5.74, 6) is -0.858. The van der Waals surface area contributed by atoms with Crippen molar-refractivity contribution in [2.24, 2.45) is 0 Å². The van der Waals surface area contributed by atoms with Crippen LogP contribution in [0.25, 0.3) is 0 Å². The molecule has 0 saturated heterocycles. The Labute approximate surface area is 176 Å². The van der Waals surface area contributed by atoms with Crippen molar-refractivity contribution in [3.8, 4) is 0 Å². The smallest absolute Gasteiger partial charge is 0.412 e. The van der Waals surface area contributed by atoms with E-state index in [1.165, 1.54) is 12.1 Å². The first-order valence-corrected chi connectivity index (χ1v) is 9.84. The predicted octanol–water partition coefficient (Wildman–Crippen LogP) is 4.17. The van der Waals surface area contributed by atoms with Gasteiger partial charge in [-0.3, -0.25) is 10.1 Å². The first-order chi connectivity index (χ1) is 14.1. The second kappa shape index (κ2) is 8.57. The second-order valence-corrected chi connectivity index (χ2v) is 8.12. The van der Waals surface area contributed by atoms with E-state index in [9.17, 15) is 14.4 Å². The van der Waals surface area contributed by atoms with E-state index >= 15 is 0 Å². The Morgan fingerprint density at radius 1 is 1.03 bits per heavy atom. The first-order valence-electron chi connectivity index (χ1n) is 9.84. The highest BCUT2D eigenvalue weighted by molar-refractivity contribution is 6.00. The van der Waals surface area contributed by atoms with Crippen molar-refractivity contribution in [3.05, 3.63) is 59.7 Å². The van der Waals surface area contributed by atoms with Gasteiger partial charge in [-0.25, -0.2) is 9.59 Å². The van der Waals surface area contributed by atoms with Crippen molar-refractivity contribution < 1.29 is 23.9 Å². The molecule has 1 aliphatic rings. The molecule has 0 radical (unpaired) electrons. The van der Waals surface area contributed by atoms with E-state index in [1.807, 2.05) is 24.3 Å². The van der Waals surface area contributed by atoms with E-state index in [0.717, 1.165) is 17.7 Å². The second-order valence-electron chi connectivity index (χ2n) is 8.12. The number of rotatable bonds is 4. The summed E-state index contributed by atoms with van der Waals surface area (Å²) in [6.07, 6.45) is -0.708. The van der Waals surface area contributed by atoms with Gasteiger partial charge >= 0.3 is 12.1 Å². The number of hydrogen-bond acceptors (Lipinski definition) is 5. The molecule has 0 aromatic heterocycles. The van der Waals surface area contributed by atoms with E-state index in [-0.39, 0.29) is 11.5 Å². The molecule has 30 heavy (non-hydrogen) atoms. The van der Waals surface area contributed by atoms with Crippen LogP contribution in [-0.2, 0) is 20.7 Å². The zero-order valence-corrected chi connectivity index (χ0v) is 17.6. The minimum Gasteiger partial charge on any atom is -0.449 e. The highest BCUT2D eigenvalue weighted by Gasteiger charge is 2.30. The molecule has 0 spiro atoms. The summed E-state index contributed by atoms with van der Waals surface area (Å²) in [6.45, 7) is 7.46. The molecule has 2 aromatic rings. The molecule has 2 amide bonds. The Morgan fingerprint density at radius 3 is 2.37 bits per heavy atom. The number of nitrogens with zero attached hydrogens (tertiary/aromatic N) is 1. The molecule has 0 fully saturated rings. The molecule has 0 saturated carbocycles. The fourth-order valence-corrected chi connectivity index (χ4v) is 3.18. The Kier molecular flexibility index (Phi) is 6.10. The molecule has 3 rings (SSSR count). The van der Waals surface area contributed by atoms with Gasteiger partial charge < -0.3 is 14.4 Å². The van der Waals surface area contributed by atoms with Crippen LogP contribution < -0.4 is 10.2 Å². The number of nitrogens with one attached hydrogen (secondary N) is 1. The molecule has 1 aliphatic heterocycles. The van der Waals surface area contributed by atoms with Crippen LogP contribution in [0.1, 0.15) is 43.6 Å². The number of carbonyl (C=O) groups excluding carboxylic acids is 3. The molecular formula is C23H26N2O5. The van der Waals surface area contributed by atoms with Gasteiger partial charge in [0.1, 0.15) is 5.60 Å². The maximum Gasteiger partial charge on any atom is 0.412 e. The van der Waals surface area contributed by atoms with Crippen molar-refractivity contribution >= 4 is 29.3 Å². The third-order valence-electron chi connectivity index (χ3n) is 4.55. The Hall–Kier alpha value is -3.35. The molecule has 1 N–H and O–H groups in total. The zero-order valence-electron chi connectivity index (χ0n) is 17.6. The average Bonchev–Trinajstić information content (AvgIpc) is 3.10. The molecule has 0 bridgehead atoms. The van der Waals surface area contributed by atoms with Crippen LogP contribution in [0.15, 0.2) is 48.5 Å². The van der Waals surface area contributed by atoms with Gasteiger partial charge in [0, 0.05) is 17.9 Å². The van der Waals surface area contributed by atoms with Crippen LogP contribution in [0, 0.1) is 0 Å². The van der Waals surface area contributed by atoms with Crippen LogP contribution in [0.3, 0.4) is 0 Å². The van der Waals surface area contributed by atoms with E-state index in [0.29, 0.717) is 12.2 Å². The SMILES string of the molecule is C[C@@H](OC(=O)c1ccc(NC(=O)OC(C)(C)C)cc1)C(=O)N1CCc2ccccc21. The van der Waals surface area contributed by atoms with Gasteiger partial charge in [-0.2, -0.15) is 0 Å². The van der Waals surface area contributed by atoms with E-state index in [1.54, 1.807) is 44.7 Å². The lowest BCUT2D eigenvalue weighted by atomic mass is 10.2. The van der Waals surface area contributed by atoms with Crippen LogP contribution >= 0.6 is 0 Å². The summed E-state index contributed by atoms with van der Waals surface area (Å²) >= 11 is 0. The number of fused-ring (bicyclic) bond motifs is 1. The van der Waals surface area contributed by atoms with Crippen LogP contribution in [0.5, 0.6) is 0 Å². The number of anilines is 2. The number of carbonyl (C=O) groups is 3. The topological polar surface area (TPSA) is 84.9 Å². The molecular weight excluding hydrogens is 384 g/mol. The Bertz CT molecular complexity index is 947. The molecule has 1 atom stereocenters. The summed E-state index contributed by atoms with van der Waals surface area (Å²) in [5, 5.41) is 2.60. The molecule has 7 heteroatoms. The number of benzene rings is 2. The van der Waals surface area contributed by atoms with Crippen molar-refractivity contribution in [3.63, 3.8) is 0 Å². The van der Waals surface area contributed by atoms with Gasteiger partial charge in [0.15, 0.2) is 6.10 Å². The summed E-state index contributed by atoms with van der Waals surface area (Å²) in [7, 11) is 0. The van der Waals surface area contributed by atoms with Crippen LogP contribution in [0.2, 0.25) is 0 Å². The van der Waals surface area contributed by atoms with E-state index in [4.69, 9.17) is 9.47 Å². The number of hydrogen-bond donors (Lipinski definition) is 1. The standard InChI is InChI=1S/C23H26N2O5/c1-15(20(26)25-14-13-16-7-5-6-8-19(16)25)29-21(27)17-9-11-18(12-10-17)24-22(28)30-23(2,3)4/h5-12,15H,13-14H2,1-4H3,(H,24,28)/t15-/m1/s1. The van der Waals surface area contributed by atoms with Gasteiger partial charge in [0.05, 0.1) is 5.56 Å². The van der Waals surface area contributed by atoms with Crippen LogP contribution in [0.4, 0.5) is 16.2 Å². The summed E-state index contributed by atoms with van der Waals surface area (Å²) in [4.78, 5) is 38.7. The average molecular weight is 410 g/mol. The third kappa shape index (κ3) is 5.17. The van der Waals surface area contributed by atoms with Crippen LogP contribution in [-0.4, -0.2) is 36.2 Å². The zero-order chi connectivity index (χ0) is 21.9. The number of esters is 1. The predicted molar refractivity (Wildman–Crippen MR) is 114 cm³/mol. The minimum atomic E-state index is -0.914. The summed E-state index contributed by atoms with van der Waals surface area (Å²) < 4.78 is 10.6. The Balaban J connectivity index is 1.58. The molecule has 7 nitrogen and oxygen atoms in total. The lowest BCUT2D eigenvalue weighted by Crippen LogP contribution is -2.39. The van der Waals surface area contributed by atoms with Gasteiger partial charge in [0.2, 0.25) is 0 Å². The fourth-order valence-electron chi connectivity index (χ4n) is 3.18. The van der Waals surface area contributed by atoms with E-state index < -0.39 is 23.8 Å². The minimum absolute atomic E-state index is 0.253. The molecule has 158 valence electrons. The maximum atomic E-state index is 12.8. The molecule has 1 heterocycles. The Morgan fingerprint density at radius 2 is 1.70 bits per heavy atom. The lowest BCUT2D eigenvalue weighted by Gasteiger charge is -2.21. The van der Waals surface area contributed by atoms with Crippen molar-refractivity contribution in [2.45, 2.75) is 45.8 Å².